The molecule has 3 rings (SSSR count). The Morgan fingerprint density at radius 3 is 2.32 bits per heavy atom. The van der Waals surface area contributed by atoms with Crippen LogP contribution in [-0.4, -0.2) is 20.9 Å². The molecular weight excluding hydrogens is 374 g/mol. The van der Waals surface area contributed by atoms with Crippen LogP contribution in [0.5, 0.6) is 0 Å². The molecule has 0 spiro atoms. The summed E-state index contributed by atoms with van der Waals surface area (Å²) in [5.41, 5.74) is 3.56. The van der Waals surface area contributed by atoms with Crippen LogP contribution in [-0.2, 0) is 9.84 Å². The summed E-state index contributed by atoms with van der Waals surface area (Å²) in [5.74, 6) is -0.0280. The first-order valence-electron chi connectivity index (χ1n) is 8.98. The molecular formula is C22H23NO4S. The second kappa shape index (κ2) is 8.02. The number of aryl methyl sites for hydroxylation is 3. The Morgan fingerprint density at radius 2 is 1.71 bits per heavy atom. The van der Waals surface area contributed by atoms with E-state index in [9.17, 15) is 13.2 Å². The maximum absolute atomic E-state index is 13.2. The predicted molar refractivity (Wildman–Crippen MR) is 108 cm³/mol. The third-order valence-corrected chi connectivity index (χ3v) is 6.88. The Morgan fingerprint density at radius 1 is 1.00 bits per heavy atom. The van der Waals surface area contributed by atoms with Gasteiger partial charge in [0.2, 0.25) is 0 Å². The summed E-state index contributed by atoms with van der Waals surface area (Å²) >= 11 is 0. The molecule has 28 heavy (non-hydrogen) atoms. The van der Waals surface area contributed by atoms with Crippen molar-refractivity contribution in [1.82, 2.24) is 5.32 Å². The zero-order valence-electron chi connectivity index (χ0n) is 16.1. The first-order valence-corrected chi connectivity index (χ1v) is 10.5. The van der Waals surface area contributed by atoms with E-state index < -0.39 is 15.1 Å². The second-order valence-corrected chi connectivity index (χ2v) is 9.00. The van der Waals surface area contributed by atoms with Crippen LogP contribution < -0.4 is 5.32 Å². The topological polar surface area (TPSA) is 76.4 Å². The molecule has 146 valence electrons. The summed E-state index contributed by atoms with van der Waals surface area (Å²) in [4.78, 5) is 12.7. The van der Waals surface area contributed by atoms with E-state index in [-0.39, 0.29) is 17.3 Å². The number of sulfone groups is 1. The van der Waals surface area contributed by atoms with E-state index in [1.165, 1.54) is 6.26 Å². The Hall–Kier alpha value is -2.86. The van der Waals surface area contributed by atoms with Gasteiger partial charge >= 0.3 is 0 Å². The van der Waals surface area contributed by atoms with Gasteiger partial charge in [0.05, 0.1) is 11.2 Å². The lowest BCUT2D eigenvalue weighted by atomic mass is 10.1. The Kier molecular flexibility index (Phi) is 5.70. The number of hydrogen-bond acceptors (Lipinski definition) is 4. The van der Waals surface area contributed by atoms with Crippen molar-refractivity contribution in [2.75, 3.05) is 6.54 Å². The smallest absolute Gasteiger partial charge is 0.251 e. The molecule has 0 radical (unpaired) electrons. The zero-order chi connectivity index (χ0) is 20.3. The monoisotopic (exact) mass is 397 g/mol. The highest BCUT2D eigenvalue weighted by molar-refractivity contribution is 7.91. The molecule has 0 fully saturated rings. The first-order chi connectivity index (χ1) is 13.3. The Bertz CT molecular complexity index is 1070. The van der Waals surface area contributed by atoms with E-state index in [4.69, 9.17) is 4.42 Å². The minimum Gasteiger partial charge on any atom is -0.468 e. The highest BCUT2D eigenvalue weighted by Crippen LogP contribution is 2.29. The van der Waals surface area contributed by atoms with Crippen molar-refractivity contribution in [3.05, 3.63) is 88.9 Å². The third-order valence-electron chi connectivity index (χ3n) is 4.80. The summed E-state index contributed by atoms with van der Waals surface area (Å²) < 4.78 is 31.7. The van der Waals surface area contributed by atoms with Gasteiger partial charge in [-0.2, -0.15) is 0 Å². The largest absolute Gasteiger partial charge is 0.468 e. The van der Waals surface area contributed by atoms with E-state index >= 15 is 0 Å². The van der Waals surface area contributed by atoms with Crippen molar-refractivity contribution in [1.29, 1.82) is 0 Å². The van der Waals surface area contributed by atoms with Gasteiger partial charge in [-0.3, -0.25) is 4.79 Å². The van der Waals surface area contributed by atoms with Gasteiger partial charge in [0.1, 0.15) is 11.0 Å². The first kappa shape index (κ1) is 19.9. The van der Waals surface area contributed by atoms with E-state index in [1.54, 1.807) is 48.5 Å². The van der Waals surface area contributed by atoms with Crippen LogP contribution in [0.2, 0.25) is 0 Å². The molecule has 5 nitrogen and oxygen atoms in total. The lowest BCUT2D eigenvalue weighted by Gasteiger charge is -2.17. The maximum Gasteiger partial charge on any atom is 0.251 e. The number of benzene rings is 2. The standard InChI is InChI=1S/C22H23NO4S/c1-15-6-10-19(11-7-15)28(25,26)21(20-5-4-12-27-20)14-23-22(24)18-9-8-16(2)17(3)13-18/h4-13,21H,14H2,1-3H3,(H,23,24)/t21-/m1/s1. The normalized spacial score (nSPS) is 12.5. The number of carbonyl (C=O) groups excluding carboxylic acids is 1. The molecule has 0 aliphatic heterocycles. The molecule has 1 N–H and O–H groups in total. The molecule has 0 bridgehead atoms. The number of furan rings is 1. The molecule has 1 heterocycles. The molecule has 1 atom stereocenters. The lowest BCUT2D eigenvalue weighted by molar-refractivity contribution is 0.0953. The number of carbonyl (C=O) groups is 1. The van der Waals surface area contributed by atoms with Gasteiger partial charge in [-0.05, 0) is 68.3 Å². The predicted octanol–water partition coefficient (Wildman–Crippen LogP) is 4.15. The van der Waals surface area contributed by atoms with Crippen molar-refractivity contribution in [3.63, 3.8) is 0 Å². The third kappa shape index (κ3) is 4.17. The number of hydrogen-bond donors (Lipinski definition) is 1. The van der Waals surface area contributed by atoms with Crippen molar-refractivity contribution < 1.29 is 17.6 Å². The fraction of sp³-hybridized carbons (Fsp3) is 0.227. The van der Waals surface area contributed by atoms with Gasteiger partial charge in [0, 0.05) is 12.1 Å². The Labute approximate surface area is 165 Å². The van der Waals surface area contributed by atoms with Crippen LogP contribution in [0, 0.1) is 20.8 Å². The lowest BCUT2D eigenvalue weighted by Crippen LogP contribution is -2.31. The molecule has 0 aliphatic carbocycles. The fourth-order valence-corrected chi connectivity index (χ4v) is 4.49. The SMILES string of the molecule is Cc1ccc(S(=O)(=O)[C@H](CNC(=O)c2ccc(C)c(C)c2)c2ccco2)cc1. The van der Waals surface area contributed by atoms with E-state index in [1.807, 2.05) is 26.8 Å². The maximum atomic E-state index is 13.2. The van der Waals surface area contributed by atoms with E-state index in [2.05, 4.69) is 5.32 Å². The molecule has 0 aliphatic rings. The molecule has 3 aromatic rings. The molecule has 1 amide bonds. The minimum absolute atomic E-state index is 0.0878. The number of nitrogens with one attached hydrogen (secondary N) is 1. The van der Waals surface area contributed by atoms with Crippen LogP contribution in [0.15, 0.2) is 70.2 Å². The minimum atomic E-state index is -3.74. The summed E-state index contributed by atoms with van der Waals surface area (Å²) in [7, 11) is -3.74. The van der Waals surface area contributed by atoms with Gasteiger partial charge in [0.15, 0.2) is 9.84 Å². The van der Waals surface area contributed by atoms with Gasteiger partial charge in [-0.25, -0.2) is 8.42 Å². The Balaban J connectivity index is 1.86. The van der Waals surface area contributed by atoms with Crippen LogP contribution in [0.25, 0.3) is 0 Å². The van der Waals surface area contributed by atoms with Gasteiger partial charge in [-0.1, -0.05) is 23.8 Å². The molecule has 0 saturated heterocycles. The van der Waals surface area contributed by atoms with Crippen molar-refractivity contribution in [2.45, 2.75) is 30.9 Å². The average molecular weight is 397 g/mol. The summed E-state index contributed by atoms with van der Waals surface area (Å²) in [6, 6.07) is 15.3. The molecule has 2 aromatic carbocycles. The van der Waals surface area contributed by atoms with Crippen molar-refractivity contribution in [3.8, 4) is 0 Å². The van der Waals surface area contributed by atoms with Crippen LogP contribution in [0.4, 0.5) is 0 Å². The quantitative estimate of drug-likeness (QED) is 0.678. The highest BCUT2D eigenvalue weighted by Gasteiger charge is 2.32. The van der Waals surface area contributed by atoms with Crippen LogP contribution >= 0.6 is 0 Å². The fourth-order valence-electron chi connectivity index (χ4n) is 2.90. The summed E-state index contributed by atoms with van der Waals surface area (Å²) in [6.45, 7) is 5.71. The summed E-state index contributed by atoms with van der Waals surface area (Å²) in [5, 5.41) is 1.73. The van der Waals surface area contributed by atoms with Crippen molar-refractivity contribution >= 4 is 15.7 Å². The number of amides is 1. The molecule has 0 saturated carbocycles. The molecule has 6 heteroatoms. The number of rotatable bonds is 6. The van der Waals surface area contributed by atoms with Gasteiger partial charge in [-0.15, -0.1) is 0 Å². The van der Waals surface area contributed by atoms with Gasteiger partial charge < -0.3 is 9.73 Å². The van der Waals surface area contributed by atoms with Crippen LogP contribution in [0.3, 0.4) is 0 Å². The second-order valence-electron chi connectivity index (χ2n) is 6.87. The van der Waals surface area contributed by atoms with Crippen LogP contribution in [0.1, 0.15) is 38.1 Å². The van der Waals surface area contributed by atoms with Crippen molar-refractivity contribution in [2.24, 2.45) is 0 Å². The molecule has 0 unspecified atom stereocenters. The molecule has 1 aromatic heterocycles. The highest BCUT2D eigenvalue weighted by atomic mass is 32.2. The zero-order valence-corrected chi connectivity index (χ0v) is 16.9. The van der Waals surface area contributed by atoms with E-state index in [0.29, 0.717) is 11.3 Å². The van der Waals surface area contributed by atoms with E-state index in [0.717, 1.165) is 16.7 Å². The van der Waals surface area contributed by atoms with Gasteiger partial charge in [0.25, 0.3) is 5.91 Å². The summed E-state index contributed by atoms with van der Waals surface area (Å²) in [6.07, 6.45) is 1.43. The average Bonchev–Trinajstić information content (AvgIpc) is 3.18.